The van der Waals surface area contributed by atoms with Gasteiger partial charge in [0, 0.05) is 6.08 Å². The molecular formula is C20H16O4. The number of fused-ring (bicyclic) bond motifs is 1. The zero-order valence-electron chi connectivity index (χ0n) is 12.8. The van der Waals surface area contributed by atoms with Crippen LogP contribution in [0.3, 0.4) is 0 Å². The molecule has 120 valence electrons. The van der Waals surface area contributed by atoms with Crippen LogP contribution in [-0.2, 0) is 4.79 Å². The van der Waals surface area contributed by atoms with Crippen molar-refractivity contribution in [2.75, 3.05) is 0 Å². The number of hydrogen-bond donors (Lipinski definition) is 2. The van der Waals surface area contributed by atoms with Crippen LogP contribution in [0.25, 0.3) is 16.8 Å². The summed E-state index contributed by atoms with van der Waals surface area (Å²) in [5.41, 5.74) is 1.26. The maximum absolute atomic E-state index is 10.8. The van der Waals surface area contributed by atoms with Gasteiger partial charge in [-0.2, -0.15) is 0 Å². The summed E-state index contributed by atoms with van der Waals surface area (Å²) in [6.45, 7) is 0. The molecule has 0 atom stereocenters. The maximum Gasteiger partial charge on any atom is 0.336 e. The van der Waals surface area contributed by atoms with Crippen molar-refractivity contribution in [2.24, 2.45) is 0 Å². The minimum atomic E-state index is -0.922. The highest BCUT2D eigenvalue weighted by molar-refractivity contribution is 6.03. The van der Waals surface area contributed by atoms with Crippen molar-refractivity contribution in [3.05, 3.63) is 90.0 Å². The van der Waals surface area contributed by atoms with E-state index in [9.17, 15) is 9.59 Å². The molecule has 0 saturated carbocycles. The third-order valence-corrected chi connectivity index (χ3v) is 3.24. The van der Waals surface area contributed by atoms with Crippen LogP contribution >= 0.6 is 0 Å². The summed E-state index contributed by atoms with van der Waals surface area (Å²) in [5.74, 6) is -1.80. The van der Waals surface area contributed by atoms with E-state index in [2.05, 4.69) is 0 Å². The molecule has 0 bridgehead atoms. The molecular weight excluding hydrogens is 304 g/mol. The molecule has 3 aromatic carbocycles. The predicted octanol–water partition coefficient (Wildman–Crippen LogP) is 4.32. The number of benzene rings is 3. The van der Waals surface area contributed by atoms with Crippen molar-refractivity contribution in [1.82, 2.24) is 0 Å². The summed E-state index contributed by atoms with van der Waals surface area (Å²) in [4.78, 5) is 20.9. The van der Waals surface area contributed by atoms with Crippen molar-refractivity contribution < 1.29 is 19.8 Å². The third-order valence-electron chi connectivity index (χ3n) is 3.24. The fourth-order valence-electron chi connectivity index (χ4n) is 2.14. The van der Waals surface area contributed by atoms with Gasteiger partial charge in [-0.25, -0.2) is 9.59 Å². The number of aromatic carboxylic acids is 1. The van der Waals surface area contributed by atoms with Gasteiger partial charge in [-0.05, 0) is 28.5 Å². The molecule has 4 nitrogen and oxygen atoms in total. The van der Waals surface area contributed by atoms with Crippen LogP contribution in [-0.4, -0.2) is 22.2 Å². The SMILES string of the molecule is O=C(O)C=Cc1ccccc1.O=C(O)c1cccc2ccccc12. The van der Waals surface area contributed by atoms with Crippen molar-refractivity contribution in [1.29, 1.82) is 0 Å². The van der Waals surface area contributed by atoms with Crippen LogP contribution in [0.2, 0.25) is 0 Å². The number of aliphatic carboxylic acids is 1. The molecule has 3 rings (SSSR count). The highest BCUT2D eigenvalue weighted by Crippen LogP contribution is 2.17. The van der Waals surface area contributed by atoms with Gasteiger partial charge in [0.1, 0.15) is 0 Å². The standard InChI is InChI=1S/C11H8O2.C9H8O2/c12-11(13)10-7-3-5-8-4-1-2-6-9(8)10;10-9(11)7-6-8-4-2-1-3-5-8/h1-7H,(H,12,13);1-7H,(H,10,11). The Morgan fingerprint density at radius 3 is 2.04 bits per heavy atom. The van der Waals surface area contributed by atoms with E-state index in [1.165, 1.54) is 0 Å². The van der Waals surface area contributed by atoms with E-state index in [0.29, 0.717) is 5.56 Å². The van der Waals surface area contributed by atoms with Gasteiger partial charge in [0.05, 0.1) is 5.56 Å². The average Bonchev–Trinajstić information content (AvgIpc) is 2.61. The fourth-order valence-corrected chi connectivity index (χ4v) is 2.14. The van der Waals surface area contributed by atoms with Gasteiger partial charge in [0.2, 0.25) is 0 Å². The zero-order valence-corrected chi connectivity index (χ0v) is 12.8. The van der Waals surface area contributed by atoms with E-state index < -0.39 is 11.9 Å². The third kappa shape index (κ3) is 4.81. The summed E-state index contributed by atoms with van der Waals surface area (Å²) >= 11 is 0. The van der Waals surface area contributed by atoms with Gasteiger partial charge < -0.3 is 10.2 Å². The molecule has 4 heteroatoms. The summed E-state index contributed by atoms with van der Waals surface area (Å²) in [6, 6.07) is 22.0. The van der Waals surface area contributed by atoms with Gasteiger partial charge in [-0.1, -0.05) is 66.7 Å². The van der Waals surface area contributed by atoms with Gasteiger partial charge in [-0.15, -0.1) is 0 Å². The van der Waals surface area contributed by atoms with Crippen molar-refractivity contribution >= 4 is 28.8 Å². The Hall–Kier alpha value is -3.40. The first kappa shape index (κ1) is 17.0. The van der Waals surface area contributed by atoms with Gasteiger partial charge >= 0.3 is 11.9 Å². The second-order valence-corrected chi connectivity index (χ2v) is 4.91. The van der Waals surface area contributed by atoms with E-state index >= 15 is 0 Å². The molecule has 0 amide bonds. The summed E-state index contributed by atoms with van der Waals surface area (Å²) in [7, 11) is 0. The van der Waals surface area contributed by atoms with E-state index in [-0.39, 0.29) is 0 Å². The first-order chi connectivity index (χ1) is 11.6. The Morgan fingerprint density at radius 1 is 0.750 bits per heavy atom. The van der Waals surface area contributed by atoms with Gasteiger partial charge in [0.15, 0.2) is 0 Å². The topological polar surface area (TPSA) is 74.6 Å². The number of carboxylic acid groups (broad SMARTS) is 2. The van der Waals surface area contributed by atoms with Crippen LogP contribution in [0.1, 0.15) is 15.9 Å². The average molecular weight is 320 g/mol. The number of hydrogen-bond acceptors (Lipinski definition) is 2. The number of rotatable bonds is 3. The van der Waals surface area contributed by atoms with E-state index in [0.717, 1.165) is 22.4 Å². The van der Waals surface area contributed by atoms with E-state index in [1.807, 2.05) is 60.7 Å². The van der Waals surface area contributed by atoms with Gasteiger partial charge in [-0.3, -0.25) is 0 Å². The Balaban J connectivity index is 0.000000177. The van der Waals surface area contributed by atoms with Crippen LogP contribution in [0.4, 0.5) is 0 Å². The summed E-state index contributed by atoms with van der Waals surface area (Å²) < 4.78 is 0. The highest BCUT2D eigenvalue weighted by Gasteiger charge is 2.05. The first-order valence-electron chi connectivity index (χ1n) is 7.25. The minimum absolute atomic E-state index is 0.359. The Bertz CT molecular complexity index is 862. The predicted molar refractivity (Wildman–Crippen MR) is 94.0 cm³/mol. The molecule has 0 heterocycles. The van der Waals surface area contributed by atoms with E-state index in [4.69, 9.17) is 10.2 Å². The zero-order chi connectivity index (χ0) is 17.4. The quantitative estimate of drug-likeness (QED) is 0.705. The molecule has 3 aromatic rings. The molecule has 0 aliphatic carbocycles. The normalized spacial score (nSPS) is 10.2. The fraction of sp³-hybridized carbons (Fsp3) is 0. The van der Waals surface area contributed by atoms with Crippen molar-refractivity contribution in [3.63, 3.8) is 0 Å². The Kier molecular flexibility index (Phi) is 5.86. The molecule has 0 fully saturated rings. The Labute approximate surface area is 139 Å². The molecule has 0 saturated heterocycles. The Morgan fingerprint density at radius 2 is 1.38 bits per heavy atom. The van der Waals surface area contributed by atoms with E-state index in [1.54, 1.807) is 18.2 Å². The smallest absolute Gasteiger partial charge is 0.336 e. The lowest BCUT2D eigenvalue weighted by Crippen LogP contribution is -1.96. The lowest BCUT2D eigenvalue weighted by molar-refractivity contribution is -0.131. The number of carbonyl (C=O) groups is 2. The van der Waals surface area contributed by atoms with Crippen LogP contribution in [0.5, 0.6) is 0 Å². The minimum Gasteiger partial charge on any atom is -0.478 e. The van der Waals surface area contributed by atoms with Crippen LogP contribution in [0.15, 0.2) is 78.9 Å². The second-order valence-electron chi connectivity index (χ2n) is 4.91. The first-order valence-corrected chi connectivity index (χ1v) is 7.25. The summed E-state index contributed by atoms with van der Waals surface area (Å²) in [6.07, 6.45) is 2.68. The molecule has 2 N–H and O–H groups in total. The molecule has 0 radical (unpaired) electrons. The molecule has 24 heavy (non-hydrogen) atoms. The molecule has 0 aromatic heterocycles. The monoisotopic (exact) mass is 320 g/mol. The second kappa shape index (κ2) is 8.29. The lowest BCUT2D eigenvalue weighted by atomic mass is 10.1. The van der Waals surface area contributed by atoms with Crippen LogP contribution < -0.4 is 0 Å². The number of carboxylic acids is 2. The summed E-state index contributed by atoms with van der Waals surface area (Å²) in [5, 5.41) is 18.9. The maximum atomic E-state index is 10.8. The van der Waals surface area contributed by atoms with Crippen molar-refractivity contribution in [3.8, 4) is 0 Å². The van der Waals surface area contributed by atoms with Crippen molar-refractivity contribution in [2.45, 2.75) is 0 Å². The van der Waals surface area contributed by atoms with Gasteiger partial charge in [0.25, 0.3) is 0 Å². The van der Waals surface area contributed by atoms with Crippen LogP contribution in [0, 0.1) is 0 Å². The molecule has 0 spiro atoms. The molecule has 0 aliphatic rings. The largest absolute Gasteiger partial charge is 0.478 e. The lowest BCUT2D eigenvalue weighted by Gasteiger charge is -2.00. The highest BCUT2D eigenvalue weighted by atomic mass is 16.4. The molecule has 0 aliphatic heterocycles. The molecule has 0 unspecified atom stereocenters.